The zero-order chi connectivity index (χ0) is 14.5. The fourth-order valence-electron chi connectivity index (χ4n) is 2.09. The fraction of sp³-hybridized carbons (Fsp3) is 0.250. The van der Waals surface area contributed by atoms with Crippen molar-refractivity contribution in [2.24, 2.45) is 0 Å². The third-order valence-electron chi connectivity index (χ3n) is 3.09. The molecule has 0 amide bonds. The highest BCUT2D eigenvalue weighted by molar-refractivity contribution is 6.42. The summed E-state index contributed by atoms with van der Waals surface area (Å²) in [5, 5.41) is 11.3. The van der Waals surface area contributed by atoms with Gasteiger partial charge in [-0.25, -0.2) is 0 Å². The van der Waals surface area contributed by atoms with E-state index in [9.17, 15) is 5.11 Å². The van der Waals surface area contributed by atoms with Crippen LogP contribution in [0.25, 0.3) is 0 Å². The first-order valence-electron chi connectivity index (χ1n) is 6.30. The molecular weight excluding hydrogens is 295 g/mol. The summed E-state index contributed by atoms with van der Waals surface area (Å²) in [4.78, 5) is 0. The molecule has 1 atom stereocenters. The minimum Gasteiger partial charge on any atom is -0.388 e. The number of benzene rings is 2. The Bertz CT molecular complexity index is 584. The molecule has 1 N–H and O–H groups in total. The van der Waals surface area contributed by atoms with Crippen LogP contribution in [0.5, 0.6) is 0 Å². The maximum atomic E-state index is 10.3. The zero-order valence-electron chi connectivity index (χ0n) is 11.1. The molecule has 106 valence electrons. The quantitative estimate of drug-likeness (QED) is 0.886. The van der Waals surface area contributed by atoms with Crippen LogP contribution in [-0.4, -0.2) is 12.2 Å². The Kier molecular flexibility index (Phi) is 5.44. The van der Waals surface area contributed by atoms with Crippen LogP contribution in [-0.2, 0) is 17.8 Å². The third kappa shape index (κ3) is 3.74. The van der Waals surface area contributed by atoms with Crippen LogP contribution in [0.2, 0.25) is 10.0 Å². The predicted molar refractivity (Wildman–Crippen MR) is 82.3 cm³/mol. The molecule has 0 fully saturated rings. The molecule has 20 heavy (non-hydrogen) atoms. The van der Waals surface area contributed by atoms with Gasteiger partial charge in [0.1, 0.15) is 0 Å². The summed E-state index contributed by atoms with van der Waals surface area (Å²) in [5.41, 5.74) is 2.71. The van der Waals surface area contributed by atoms with E-state index in [4.69, 9.17) is 27.9 Å². The molecule has 0 aliphatic carbocycles. The van der Waals surface area contributed by atoms with E-state index in [-0.39, 0.29) is 0 Å². The lowest BCUT2D eigenvalue weighted by Crippen LogP contribution is -2.03. The van der Waals surface area contributed by atoms with Crippen molar-refractivity contribution in [1.29, 1.82) is 0 Å². The first-order valence-corrected chi connectivity index (χ1v) is 7.06. The van der Waals surface area contributed by atoms with Gasteiger partial charge in [0.2, 0.25) is 0 Å². The highest BCUT2D eigenvalue weighted by Crippen LogP contribution is 2.29. The Morgan fingerprint density at radius 2 is 1.90 bits per heavy atom. The van der Waals surface area contributed by atoms with Gasteiger partial charge >= 0.3 is 0 Å². The molecule has 0 bridgehead atoms. The lowest BCUT2D eigenvalue weighted by molar-refractivity contribution is 0.175. The summed E-state index contributed by atoms with van der Waals surface area (Å²) in [6, 6.07) is 13.1. The number of ether oxygens (including phenoxy) is 1. The molecule has 0 heterocycles. The van der Waals surface area contributed by atoms with E-state index in [1.54, 1.807) is 13.2 Å². The molecule has 2 nitrogen and oxygen atoms in total. The topological polar surface area (TPSA) is 29.5 Å². The third-order valence-corrected chi connectivity index (χ3v) is 3.95. The van der Waals surface area contributed by atoms with E-state index in [0.29, 0.717) is 23.1 Å². The zero-order valence-corrected chi connectivity index (χ0v) is 12.7. The maximum absolute atomic E-state index is 10.3. The van der Waals surface area contributed by atoms with E-state index < -0.39 is 6.10 Å². The minimum absolute atomic E-state index is 0.426. The molecule has 4 heteroatoms. The predicted octanol–water partition coefficient (Wildman–Crippen LogP) is 4.42. The number of aliphatic hydroxyl groups is 1. The summed E-state index contributed by atoms with van der Waals surface area (Å²) in [5.74, 6) is 0. The molecule has 1 unspecified atom stereocenters. The first-order chi connectivity index (χ1) is 9.61. The second kappa shape index (κ2) is 7.09. The minimum atomic E-state index is -0.622. The number of hydrogen-bond acceptors (Lipinski definition) is 2. The molecule has 2 rings (SSSR count). The molecule has 0 radical (unpaired) electrons. The molecule has 0 saturated carbocycles. The molecule has 0 aliphatic heterocycles. The van der Waals surface area contributed by atoms with Crippen LogP contribution in [0.1, 0.15) is 22.8 Å². The number of methoxy groups -OCH3 is 1. The number of aliphatic hydroxyl groups excluding tert-OH is 1. The summed E-state index contributed by atoms with van der Waals surface area (Å²) < 4.78 is 5.10. The average Bonchev–Trinajstić information content (AvgIpc) is 2.44. The standard InChI is InChI=1S/C16H16Cl2O2/c1-20-10-11-4-2-5-12(8-11)15(19)9-13-6-3-7-14(17)16(13)18/h2-8,15,19H,9-10H2,1H3. The Hall–Kier alpha value is -1.06. The molecule has 0 spiro atoms. The van der Waals surface area contributed by atoms with Crippen molar-refractivity contribution >= 4 is 23.2 Å². The van der Waals surface area contributed by atoms with E-state index >= 15 is 0 Å². The van der Waals surface area contributed by atoms with E-state index in [0.717, 1.165) is 16.7 Å². The van der Waals surface area contributed by atoms with Gasteiger partial charge in [-0.3, -0.25) is 0 Å². The number of halogens is 2. The van der Waals surface area contributed by atoms with E-state index in [1.165, 1.54) is 0 Å². The summed E-state index contributed by atoms with van der Waals surface area (Å²) in [6.45, 7) is 0.526. The summed E-state index contributed by atoms with van der Waals surface area (Å²) in [6.07, 6.45) is -0.196. The highest BCUT2D eigenvalue weighted by Gasteiger charge is 2.12. The second-order valence-electron chi connectivity index (χ2n) is 4.61. The van der Waals surface area contributed by atoms with E-state index in [2.05, 4.69) is 0 Å². The van der Waals surface area contributed by atoms with Crippen LogP contribution in [0.3, 0.4) is 0 Å². The lowest BCUT2D eigenvalue weighted by Gasteiger charge is -2.14. The van der Waals surface area contributed by atoms with E-state index in [1.807, 2.05) is 36.4 Å². The number of hydrogen-bond donors (Lipinski definition) is 1. The normalized spacial score (nSPS) is 12.4. The van der Waals surface area contributed by atoms with Crippen molar-refractivity contribution in [1.82, 2.24) is 0 Å². The molecular formula is C16H16Cl2O2. The fourth-order valence-corrected chi connectivity index (χ4v) is 2.49. The monoisotopic (exact) mass is 310 g/mol. The Morgan fingerprint density at radius 3 is 2.65 bits per heavy atom. The van der Waals surface area contributed by atoms with Gasteiger partial charge in [-0.15, -0.1) is 0 Å². The first kappa shape index (κ1) is 15.3. The average molecular weight is 311 g/mol. The van der Waals surface area contributed by atoms with Gasteiger partial charge in [-0.2, -0.15) is 0 Å². The van der Waals surface area contributed by atoms with Crippen LogP contribution in [0, 0.1) is 0 Å². The van der Waals surface area contributed by atoms with Gasteiger partial charge in [-0.1, -0.05) is 59.6 Å². The van der Waals surface area contributed by atoms with Gasteiger partial charge < -0.3 is 9.84 Å². The molecule has 0 aromatic heterocycles. The Morgan fingerprint density at radius 1 is 1.15 bits per heavy atom. The van der Waals surface area contributed by atoms with Crippen LogP contribution in [0.4, 0.5) is 0 Å². The largest absolute Gasteiger partial charge is 0.388 e. The van der Waals surface area contributed by atoms with Crippen LogP contribution < -0.4 is 0 Å². The van der Waals surface area contributed by atoms with Gasteiger partial charge in [0.25, 0.3) is 0 Å². The smallest absolute Gasteiger partial charge is 0.0831 e. The summed E-state index contributed by atoms with van der Waals surface area (Å²) in [7, 11) is 1.65. The highest BCUT2D eigenvalue weighted by atomic mass is 35.5. The Labute approximate surface area is 128 Å². The van der Waals surface area contributed by atoms with Crippen molar-refractivity contribution in [2.75, 3.05) is 7.11 Å². The number of rotatable bonds is 5. The van der Waals surface area contributed by atoms with Gasteiger partial charge in [0, 0.05) is 13.5 Å². The second-order valence-corrected chi connectivity index (χ2v) is 5.40. The van der Waals surface area contributed by atoms with Crippen molar-refractivity contribution < 1.29 is 9.84 Å². The SMILES string of the molecule is COCc1cccc(C(O)Cc2cccc(Cl)c2Cl)c1. The molecule has 0 aliphatic rings. The van der Waals surface area contributed by atoms with Crippen LogP contribution in [0.15, 0.2) is 42.5 Å². The van der Waals surface area contributed by atoms with Crippen molar-refractivity contribution in [3.8, 4) is 0 Å². The summed E-state index contributed by atoms with van der Waals surface area (Å²) >= 11 is 12.1. The van der Waals surface area contributed by atoms with Gasteiger partial charge in [-0.05, 0) is 22.8 Å². The van der Waals surface area contributed by atoms with Crippen molar-refractivity contribution in [3.05, 3.63) is 69.2 Å². The Balaban J connectivity index is 2.17. The molecule has 0 saturated heterocycles. The molecule has 2 aromatic rings. The van der Waals surface area contributed by atoms with Crippen molar-refractivity contribution in [3.63, 3.8) is 0 Å². The van der Waals surface area contributed by atoms with Gasteiger partial charge in [0.05, 0.1) is 22.8 Å². The van der Waals surface area contributed by atoms with Crippen LogP contribution >= 0.6 is 23.2 Å². The van der Waals surface area contributed by atoms with Gasteiger partial charge in [0.15, 0.2) is 0 Å². The lowest BCUT2D eigenvalue weighted by atomic mass is 10.00. The maximum Gasteiger partial charge on any atom is 0.0831 e. The molecule has 2 aromatic carbocycles. The van der Waals surface area contributed by atoms with Crippen molar-refractivity contribution in [2.45, 2.75) is 19.1 Å².